The summed E-state index contributed by atoms with van der Waals surface area (Å²) < 4.78 is 17.3. The number of piperidine rings is 1. The van der Waals surface area contributed by atoms with Gasteiger partial charge in [-0.3, -0.25) is 0 Å². The van der Waals surface area contributed by atoms with Crippen LogP contribution in [0.3, 0.4) is 0 Å². The van der Waals surface area contributed by atoms with Gasteiger partial charge in [0.05, 0.1) is 12.7 Å². The van der Waals surface area contributed by atoms with Crippen LogP contribution in [-0.4, -0.2) is 62.0 Å². The Hall–Kier alpha value is -1.17. The van der Waals surface area contributed by atoms with Crippen LogP contribution in [0.25, 0.3) is 0 Å². The fourth-order valence-corrected chi connectivity index (χ4v) is 4.47. The molecule has 0 radical (unpaired) electrons. The molecule has 1 spiro atoms. The third-order valence-electron chi connectivity index (χ3n) is 6.11. The zero-order valence-electron chi connectivity index (χ0n) is 15.1. The predicted octanol–water partition coefficient (Wildman–Crippen LogP) is 2.76. The summed E-state index contributed by atoms with van der Waals surface area (Å²) in [6, 6.07) is 5.76. The van der Waals surface area contributed by atoms with E-state index in [1.807, 2.05) is 18.2 Å². The van der Waals surface area contributed by atoms with E-state index in [4.69, 9.17) is 14.2 Å². The minimum Gasteiger partial charge on any atom is -0.475 e. The Kier molecular flexibility index (Phi) is 5.54. The number of pyridine rings is 1. The summed E-state index contributed by atoms with van der Waals surface area (Å²) in [6.45, 7) is 7.11. The first-order valence-corrected chi connectivity index (χ1v) is 9.77. The molecule has 1 unspecified atom stereocenters. The van der Waals surface area contributed by atoms with E-state index in [-0.39, 0.29) is 6.10 Å². The maximum Gasteiger partial charge on any atom is 0.213 e. The van der Waals surface area contributed by atoms with E-state index in [0.29, 0.717) is 17.9 Å². The fourth-order valence-electron chi connectivity index (χ4n) is 4.47. The van der Waals surface area contributed by atoms with Crippen LogP contribution in [0.4, 0.5) is 0 Å². The summed E-state index contributed by atoms with van der Waals surface area (Å²) in [5, 5.41) is 0. The molecule has 0 saturated carbocycles. The maximum absolute atomic E-state index is 6.07. The van der Waals surface area contributed by atoms with Crippen LogP contribution in [0.15, 0.2) is 24.4 Å². The summed E-state index contributed by atoms with van der Waals surface area (Å²) in [5.41, 5.74) is 0.379. The number of rotatable bonds is 5. The SMILES string of the molecule is c1ccc(OCC2CC3(CCN(CC4CCOCC4)CC3)CO2)nc1. The van der Waals surface area contributed by atoms with E-state index in [0.717, 1.165) is 32.2 Å². The van der Waals surface area contributed by atoms with Crippen LogP contribution >= 0.6 is 0 Å². The van der Waals surface area contributed by atoms with Gasteiger partial charge < -0.3 is 19.1 Å². The molecule has 1 aromatic rings. The van der Waals surface area contributed by atoms with Gasteiger partial charge in [0, 0.05) is 32.0 Å². The molecule has 3 saturated heterocycles. The molecule has 4 rings (SSSR count). The molecule has 1 aromatic heterocycles. The van der Waals surface area contributed by atoms with E-state index in [1.54, 1.807) is 6.20 Å². The Morgan fingerprint density at radius 1 is 1.20 bits per heavy atom. The highest BCUT2D eigenvalue weighted by Gasteiger charge is 2.42. The molecule has 0 aromatic carbocycles. The number of hydrogen-bond donors (Lipinski definition) is 0. The van der Waals surface area contributed by atoms with Crippen LogP contribution in [0.2, 0.25) is 0 Å². The summed E-state index contributed by atoms with van der Waals surface area (Å²) in [4.78, 5) is 6.88. The largest absolute Gasteiger partial charge is 0.475 e. The van der Waals surface area contributed by atoms with Gasteiger partial charge in [0.15, 0.2) is 0 Å². The van der Waals surface area contributed by atoms with Crippen LogP contribution in [0.5, 0.6) is 5.88 Å². The van der Waals surface area contributed by atoms with Crippen molar-refractivity contribution in [3.05, 3.63) is 24.4 Å². The van der Waals surface area contributed by atoms with Crippen molar-refractivity contribution in [1.82, 2.24) is 9.88 Å². The predicted molar refractivity (Wildman–Crippen MR) is 95.7 cm³/mol. The van der Waals surface area contributed by atoms with Gasteiger partial charge in [0.1, 0.15) is 6.61 Å². The lowest BCUT2D eigenvalue weighted by Gasteiger charge is -2.40. The summed E-state index contributed by atoms with van der Waals surface area (Å²) in [6.07, 6.45) is 8.09. The molecule has 0 N–H and O–H groups in total. The molecule has 0 amide bonds. The van der Waals surface area contributed by atoms with Gasteiger partial charge in [-0.2, -0.15) is 0 Å². The second-order valence-corrected chi connectivity index (χ2v) is 7.97. The van der Waals surface area contributed by atoms with Crippen molar-refractivity contribution < 1.29 is 14.2 Å². The lowest BCUT2D eigenvalue weighted by atomic mass is 9.76. The van der Waals surface area contributed by atoms with E-state index in [9.17, 15) is 0 Å². The zero-order chi connectivity index (χ0) is 17.0. The van der Waals surface area contributed by atoms with Gasteiger partial charge in [-0.05, 0) is 62.6 Å². The zero-order valence-corrected chi connectivity index (χ0v) is 15.1. The van der Waals surface area contributed by atoms with Gasteiger partial charge >= 0.3 is 0 Å². The Morgan fingerprint density at radius 3 is 2.80 bits per heavy atom. The van der Waals surface area contributed by atoms with Crippen molar-refractivity contribution in [2.24, 2.45) is 11.3 Å². The standard InChI is InChI=1S/C20H30N2O3/c1-2-8-21-19(3-1)24-15-18-13-20(16-25-18)6-9-22(10-7-20)14-17-4-11-23-12-5-17/h1-3,8,17-18H,4-7,9-16H2. The molecule has 1 atom stereocenters. The van der Waals surface area contributed by atoms with Crippen molar-refractivity contribution in [3.63, 3.8) is 0 Å². The third-order valence-corrected chi connectivity index (χ3v) is 6.11. The van der Waals surface area contributed by atoms with Gasteiger partial charge in [-0.25, -0.2) is 4.98 Å². The minimum atomic E-state index is 0.212. The molecule has 0 aliphatic carbocycles. The van der Waals surface area contributed by atoms with Crippen molar-refractivity contribution in [3.8, 4) is 5.88 Å². The van der Waals surface area contributed by atoms with Gasteiger partial charge in [0.2, 0.25) is 5.88 Å². The second-order valence-electron chi connectivity index (χ2n) is 7.97. The Labute approximate surface area is 150 Å². The molecule has 4 heterocycles. The van der Waals surface area contributed by atoms with Gasteiger partial charge in [-0.1, -0.05) is 6.07 Å². The second kappa shape index (κ2) is 8.02. The molecule has 5 heteroatoms. The van der Waals surface area contributed by atoms with Crippen molar-refractivity contribution in [1.29, 1.82) is 0 Å². The molecule has 138 valence electrons. The van der Waals surface area contributed by atoms with Gasteiger partial charge in [-0.15, -0.1) is 0 Å². The molecular weight excluding hydrogens is 316 g/mol. The minimum absolute atomic E-state index is 0.212. The monoisotopic (exact) mass is 346 g/mol. The molecule has 3 aliphatic rings. The number of likely N-dealkylation sites (tertiary alicyclic amines) is 1. The highest BCUT2D eigenvalue weighted by atomic mass is 16.5. The first-order chi connectivity index (χ1) is 12.3. The number of nitrogens with zero attached hydrogens (tertiary/aromatic N) is 2. The van der Waals surface area contributed by atoms with Crippen molar-refractivity contribution in [2.45, 2.75) is 38.2 Å². The van der Waals surface area contributed by atoms with Gasteiger partial charge in [0.25, 0.3) is 0 Å². The van der Waals surface area contributed by atoms with Crippen molar-refractivity contribution in [2.75, 3.05) is 46.1 Å². The lowest BCUT2D eigenvalue weighted by molar-refractivity contribution is 0.0289. The van der Waals surface area contributed by atoms with Crippen LogP contribution < -0.4 is 4.74 Å². The molecular formula is C20H30N2O3. The maximum atomic E-state index is 6.07. The quantitative estimate of drug-likeness (QED) is 0.820. The smallest absolute Gasteiger partial charge is 0.213 e. The Morgan fingerprint density at radius 2 is 2.04 bits per heavy atom. The highest BCUT2D eigenvalue weighted by Crippen LogP contribution is 2.42. The average Bonchev–Trinajstić information content (AvgIpc) is 3.07. The van der Waals surface area contributed by atoms with E-state index in [2.05, 4.69) is 9.88 Å². The van der Waals surface area contributed by atoms with Crippen LogP contribution in [-0.2, 0) is 9.47 Å². The fraction of sp³-hybridized carbons (Fsp3) is 0.750. The lowest BCUT2D eigenvalue weighted by Crippen LogP contribution is -2.43. The number of hydrogen-bond acceptors (Lipinski definition) is 5. The van der Waals surface area contributed by atoms with E-state index >= 15 is 0 Å². The topological polar surface area (TPSA) is 43.8 Å². The van der Waals surface area contributed by atoms with Crippen molar-refractivity contribution >= 4 is 0 Å². The third kappa shape index (κ3) is 4.52. The molecule has 0 bridgehead atoms. The van der Waals surface area contributed by atoms with E-state index in [1.165, 1.54) is 45.3 Å². The number of ether oxygens (including phenoxy) is 3. The first kappa shape index (κ1) is 17.3. The van der Waals surface area contributed by atoms with E-state index < -0.39 is 0 Å². The Balaban J connectivity index is 1.20. The van der Waals surface area contributed by atoms with Crippen LogP contribution in [0, 0.1) is 11.3 Å². The molecule has 3 aliphatic heterocycles. The molecule has 3 fully saturated rings. The summed E-state index contributed by atoms with van der Waals surface area (Å²) >= 11 is 0. The first-order valence-electron chi connectivity index (χ1n) is 9.77. The Bertz CT molecular complexity index is 525. The normalized spacial score (nSPS) is 27.6. The van der Waals surface area contributed by atoms with Crippen LogP contribution in [0.1, 0.15) is 32.1 Å². The molecule has 5 nitrogen and oxygen atoms in total. The summed E-state index contributed by atoms with van der Waals surface area (Å²) in [7, 11) is 0. The highest BCUT2D eigenvalue weighted by molar-refractivity contribution is 5.09. The average molecular weight is 346 g/mol. The number of aromatic nitrogens is 1. The molecule has 25 heavy (non-hydrogen) atoms. The summed E-state index contributed by atoms with van der Waals surface area (Å²) in [5.74, 6) is 1.53.